The number of nitrogens with one attached hydrogen (secondary N) is 1. The summed E-state index contributed by atoms with van der Waals surface area (Å²) in [6, 6.07) is 0. The summed E-state index contributed by atoms with van der Waals surface area (Å²) in [4.78, 5) is 12.1. The zero-order valence-electron chi connectivity index (χ0n) is 13.0. The van der Waals surface area contributed by atoms with Gasteiger partial charge in [0.1, 0.15) is 5.02 Å². The van der Waals surface area contributed by atoms with Crippen LogP contribution < -0.4 is 10.9 Å². The van der Waals surface area contributed by atoms with Crippen LogP contribution >= 0.6 is 11.6 Å². The van der Waals surface area contributed by atoms with E-state index >= 15 is 0 Å². The second-order valence-electron chi connectivity index (χ2n) is 6.14. The van der Waals surface area contributed by atoms with Crippen LogP contribution in [0.3, 0.4) is 0 Å². The zero-order valence-corrected chi connectivity index (χ0v) is 14.5. The summed E-state index contributed by atoms with van der Waals surface area (Å²) in [6.07, 6.45) is 2.62. The number of nitrogens with zero attached hydrogens (tertiary/aromatic N) is 2. The van der Waals surface area contributed by atoms with Crippen LogP contribution in [0.1, 0.15) is 27.7 Å². The standard InChI is InChI=1S/C13H22ClN3O3S/c1-9(2)7-17-12(18)11(14)10(6-16-17)15-8-13(3,4)21(5,19)20/h6,9,15H,7-8H2,1-5H3. The Balaban J connectivity index is 2.97. The number of anilines is 1. The highest BCUT2D eigenvalue weighted by Crippen LogP contribution is 2.20. The summed E-state index contributed by atoms with van der Waals surface area (Å²) < 4.78 is 23.6. The third kappa shape index (κ3) is 4.44. The van der Waals surface area contributed by atoms with E-state index in [0.717, 1.165) is 0 Å². The van der Waals surface area contributed by atoms with Crippen LogP contribution in [0.15, 0.2) is 11.0 Å². The smallest absolute Gasteiger partial charge is 0.287 e. The maximum atomic E-state index is 12.1. The molecular weight excluding hydrogens is 314 g/mol. The van der Waals surface area contributed by atoms with E-state index in [1.807, 2.05) is 13.8 Å². The van der Waals surface area contributed by atoms with E-state index in [4.69, 9.17) is 11.6 Å². The highest BCUT2D eigenvalue weighted by molar-refractivity contribution is 7.92. The lowest BCUT2D eigenvalue weighted by Gasteiger charge is -2.23. The molecule has 8 heteroatoms. The number of hydrogen-bond acceptors (Lipinski definition) is 5. The molecule has 1 rings (SSSR count). The summed E-state index contributed by atoms with van der Waals surface area (Å²) in [5.41, 5.74) is -0.0362. The molecular formula is C13H22ClN3O3S. The van der Waals surface area contributed by atoms with Gasteiger partial charge in [-0.1, -0.05) is 25.4 Å². The van der Waals surface area contributed by atoms with Gasteiger partial charge >= 0.3 is 0 Å². The third-order valence-corrected chi connectivity index (χ3v) is 5.75. The second-order valence-corrected chi connectivity index (χ2v) is 9.17. The number of aromatic nitrogens is 2. The van der Waals surface area contributed by atoms with Crippen molar-refractivity contribution in [3.05, 3.63) is 21.6 Å². The summed E-state index contributed by atoms with van der Waals surface area (Å²) in [7, 11) is -3.23. The molecule has 1 heterocycles. The van der Waals surface area contributed by atoms with E-state index in [1.54, 1.807) is 13.8 Å². The molecule has 0 spiro atoms. The van der Waals surface area contributed by atoms with Crippen molar-refractivity contribution in [1.29, 1.82) is 0 Å². The lowest BCUT2D eigenvalue weighted by Crippen LogP contribution is -2.38. The molecule has 0 aromatic carbocycles. The lowest BCUT2D eigenvalue weighted by atomic mass is 10.2. The summed E-state index contributed by atoms with van der Waals surface area (Å²) in [5, 5.41) is 6.97. The molecule has 0 unspecified atom stereocenters. The molecule has 0 saturated carbocycles. The molecule has 6 nitrogen and oxygen atoms in total. The zero-order chi connectivity index (χ0) is 16.4. The minimum Gasteiger partial charge on any atom is -0.381 e. The van der Waals surface area contributed by atoms with E-state index in [1.165, 1.54) is 17.1 Å². The Kier molecular flexibility index (Phi) is 5.44. The van der Waals surface area contributed by atoms with Crippen molar-refractivity contribution in [1.82, 2.24) is 9.78 Å². The molecule has 21 heavy (non-hydrogen) atoms. The van der Waals surface area contributed by atoms with Gasteiger partial charge in [-0.25, -0.2) is 13.1 Å². The van der Waals surface area contributed by atoms with Crippen LogP contribution in [-0.2, 0) is 16.4 Å². The van der Waals surface area contributed by atoms with Crippen LogP contribution in [0.25, 0.3) is 0 Å². The molecule has 0 atom stereocenters. The molecule has 0 bridgehead atoms. The van der Waals surface area contributed by atoms with Gasteiger partial charge in [-0.05, 0) is 19.8 Å². The van der Waals surface area contributed by atoms with Crippen molar-refractivity contribution in [2.24, 2.45) is 5.92 Å². The first-order chi connectivity index (χ1) is 9.45. The molecule has 0 aliphatic carbocycles. The first-order valence-corrected chi connectivity index (χ1v) is 8.91. The maximum absolute atomic E-state index is 12.1. The van der Waals surface area contributed by atoms with Crippen LogP contribution in [0.5, 0.6) is 0 Å². The molecule has 1 aromatic heterocycles. The van der Waals surface area contributed by atoms with Crippen molar-refractivity contribution < 1.29 is 8.42 Å². The van der Waals surface area contributed by atoms with E-state index in [9.17, 15) is 13.2 Å². The number of halogens is 1. The molecule has 0 aliphatic rings. The lowest BCUT2D eigenvalue weighted by molar-refractivity contribution is 0.464. The summed E-state index contributed by atoms with van der Waals surface area (Å²) in [6.45, 7) is 7.79. The Hall–Kier alpha value is -1.08. The Morgan fingerprint density at radius 1 is 1.43 bits per heavy atom. The second kappa shape index (κ2) is 6.36. The molecule has 1 N–H and O–H groups in total. The number of rotatable bonds is 6. The quantitative estimate of drug-likeness (QED) is 0.857. The molecule has 0 fully saturated rings. The first kappa shape index (κ1) is 18.0. The molecule has 0 aliphatic heterocycles. The van der Waals surface area contributed by atoms with Crippen molar-refractivity contribution in [2.45, 2.75) is 39.0 Å². The van der Waals surface area contributed by atoms with Gasteiger partial charge in [0.25, 0.3) is 5.56 Å². The van der Waals surface area contributed by atoms with Gasteiger partial charge in [-0.3, -0.25) is 4.79 Å². The molecule has 0 radical (unpaired) electrons. The van der Waals surface area contributed by atoms with Gasteiger partial charge in [0, 0.05) is 19.3 Å². The SMILES string of the molecule is CC(C)Cn1ncc(NCC(C)(C)S(C)(=O)=O)c(Cl)c1=O. The molecule has 1 aromatic rings. The monoisotopic (exact) mass is 335 g/mol. The highest BCUT2D eigenvalue weighted by atomic mass is 35.5. The van der Waals surface area contributed by atoms with Crippen molar-refractivity contribution in [2.75, 3.05) is 18.1 Å². The minimum absolute atomic E-state index is 0.0231. The molecule has 0 amide bonds. The summed E-state index contributed by atoms with van der Waals surface area (Å²) in [5.74, 6) is 0.272. The Labute approximate surface area is 130 Å². The average Bonchev–Trinajstić information content (AvgIpc) is 2.32. The van der Waals surface area contributed by atoms with Gasteiger partial charge in [0.15, 0.2) is 9.84 Å². The average molecular weight is 336 g/mol. The van der Waals surface area contributed by atoms with E-state index < -0.39 is 14.6 Å². The largest absolute Gasteiger partial charge is 0.381 e. The first-order valence-electron chi connectivity index (χ1n) is 6.65. The van der Waals surface area contributed by atoms with Gasteiger partial charge in [0.2, 0.25) is 0 Å². The Morgan fingerprint density at radius 3 is 2.48 bits per heavy atom. The van der Waals surface area contributed by atoms with Gasteiger partial charge in [-0.15, -0.1) is 0 Å². The van der Waals surface area contributed by atoms with Gasteiger partial charge in [-0.2, -0.15) is 5.10 Å². The Morgan fingerprint density at radius 2 is 2.00 bits per heavy atom. The molecule has 120 valence electrons. The van der Waals surface area contributed by atoms with Gasteiger partial charge < -0.3 is 5.32 Å². The van der Waals surface area contributed by atoms with Crippen molar-refractivity contribution in [3.63, 3.8) is 0 Å². The fourth-order valence-electron chi connectivity index (χ4n) is 1.50. The predicted molar refractivity (Wildman–Crippen MR) is 85.8 cm³/mol. The maximum Gasteiger partial charge on any atom is 0.287 e. The van der Waals surface area contributed by atoms with Crippen LogP contribution in [0.4, 0.5) is 5.69 Å². The topological polar surface area (TPSA) is 81.1 Å². The normalized spacial score (nSPS) is 12.7. The Bertz CT molecular complexity index is 666. The summed E-state index contributed by atoms with van der Waals surface area (Å²) >= 11 is 6.04. The van der Waals surface area contributed by atoms with E-state index in [0.29, 0.717) is 12.2 Å². The number of hydrogen-bond donors (Lipinski definition) is 1. The van der Waals surface area contributed by atoms with Crippen molar-refractivity contribution in [3.8, 4) is 0 Å². The third-order valence-electron chi connectivity index (χ3n) is 3.23. The van der Waals surface area contributed by atoms with Crippen molar-refractivity contribution >= 4 is 27.1 Å². The number of sulfone groups is 1. The minimum atomic E-state index is -3.23. The van der Waals surface area contributed by atoms with Gasteiger partial charge in [0.05, 0.1) is 16.6 Å². The van der Waals surface area contributed by atoms with Crippen LogP contribution in [0, 0.1) is 5.92 Å². The molecule has 0 saturated heterocycles. The van der Waals surface area contributed by atoms with E-state index in [-0.39, 0.29) is 23.0 Å². The van der Waals surface area contributed by atoms with Crippen LogP contribution in [-0.4, -0.2) is 35.7 Å². The highest BCUT2D eigenvalue weighted by Gasteiger charge is 2.30. The fraction of sp³-hybridized carbons (Fsp3) is 0.692. The fourth-order valence-corrected chi connectivity index (χ4v) is 2.05. The predicted octanol–water partition coefficient (Wildman–Crippen LogP) is 1.79. The van der Waals surface area contributed by atoms with Crippen LogP contribution in [0.2, 0.25) is 5.02 Å². The van der Waals surface area contributed by atoms with E-state index in [2.05, 4.69) is 10.4 Å².